The van der Waals surface area contributed by atoms with E-state index in [0.717, 1.165) is 13.1 Å². The van der Waals surface area contributed by atoms with E-state index >= 15 is 0 Å². The second-order valence-electron chi connectivity index (χ2n) is 3.77. The summed E-state index contributed by atoms with van der Waals surface area (Å²) in [5, 5.41) is 6.06. The van der Waals surface area contributed by atoms with Gasteiger partial charge in [0.2, 0.25) is 0 Å². The second kappa shape index (κ2) is 10.7. The lowest BCUT2D eigenvalue weighted by Crippen LogP contribution is -2.40. The maximum atomic E-state index is 7.35. The van der Waals surface area contributed by atoms with E-state index in [1.54, 1.807) is 0 Å². The van der Waals surface area contributed by atoms with Gasteiger partial charge in [0.25, 0.3) is 0 Å². The van der Waals surface area contributed by atoms with Crippen LogP contribution in [0, 0.1) is 0 Å². The number of ether oxygens (including phenoxy) is 4. The van der Waals surface area contributed by atoms with Crippen LogP contribution < -0.4 is 10.6 Å². The average Bonchev–Trinajstić information content (AvgIpc) is 2.57. The van der Waals surface area contributed by atoms with Crippen LogP contribution in [0.15, 0.2) is 0 Å². The summed E-state index contributed by atoms with van der Waals surface area (Å²) in [6.45, 7) is 0.357. The lowest BCUT2D eigenvalue weighted by atomic mass is 10.3. The largest absolute Gasteiger partial charge is 0.382 e. The first-order valence-corrected chi connectivity index (χ1v) is 6.08. The van der Waals surface area contributed by atoms with Gasteiger partial charge in [-0.25, -0.2) is 0 Å². The van der Waals surface area contributed by atoms with Crippen LogP contribution in [-0.4, -0.2) is 78.9 Å². The van der Waals surface area contributed by atoms with Gasteiger partial charge in [-0.1, -0.05) is 0 Å². The third-order valence-electron chi connectivity index (χ3n) is 2.35. The molecule has 0 bridgehead atoms. The molecule has 6 heteroatoms. The molecule has 6 nitrogen and oxygen atoms in total. The highest BCUT2D eigenvalue weighted by Crippen LogP contribution is 1.95. The molecule has 0 aliphatic carbocycles. The highest BCUT2D eigenvalue weighted by atomic mass is 16.5. The van der Waals surface area contributed by atoms with Crippen LogP contribution in [0.1, 0.15) is 5.48 Å². The quantitative estimate of drug-likeness (QED) is 0.698. The Labute approximate surface area is 115 Å². The first-order chi connectivity index (χ1) is 10.3. The third-order valence-corrected chi connectivity index (χ3v) is 2.35. The van der Waals surface area contributed by atoms with Gasteiger partial charge in [-0.05, 0) is 0 Å². The summed E-state index contributed by atoms with van der Waals surface area (Å²) in [4.78, 5) is 0. The van der Waals surface area contributed by atoms with E-state index in [0.29, 0.717) is 26.3 Å². The van der Waals surface area contributed by atoms with E-state index < -0.39 is 25.3 Å². The molecule has 2 atom stereocenters. The number of nitrogens with one attached hydrogen (secondary N) is 2. The Bertz CT molecular complexity index is 282. The molecular formula is C12H26N2O4. The minimum Gasteiger partial charge on any atom is -0.382 e. The fourth-order valence-electron chi connectivity index (χ4n) is 1.55. The zero-order chi connectivity index (χ0) is 16.6. The number of hydrogen-bond acceptors (Lipinski definition) is 6. The first-order valence-electron chi connectivity index (χ1n) is 8.08. The molecule has 108 valence electrons. The molecule has 0 aromatic heterocycles. The summed E-state index contributed by atoms with van der Waals surface area (Å²) in [6.07, 6.45) is -0.970. The lowest BCUT2D eigenvalue weighted by molar-refractivity contribution is -0.0188. The minimum atomic E-state index is -1.67. The molecule has 0 aromatic carbocycles. The number of methoxy groups -OCH3 is 2. The van der Waals surface area contributed by atoms with Gasteiger partial charge in [-0.3, -0.25) is 0 Å². The molecule has 2 rings (SSSR count). The van der Waals surface area contributed by atoms with Gasteiger partial charge in [0.05, 0.1) is 44.0 Å². The summed E-state index contributed by atoms with van der Waals surface area (Å²) < 4.78 is 49.0. The topological polar surface area (TPSA) is 61.0 Å². The highest BCUT2D eigenvalue weighted by molar-refractivity contribution is 4.65. The molecule has 0 amide bonds. The van der Waals surface area contributed by atoms with Crippen LogP contribution in [0.25, 0.3) is 0 Å². The van der Waals surface area contributed by atoms with Crippen molar-refractivity contribution in [2.24, 2.45) is 0 Å². The SMILES string of the molecule is [2H]C([2H])(OC)[C@@H]1CNCCO1.[2H]C([2H])(OC)[C@H]1CNCCO1. The molecule has 0 aromatic rings. The van der Waals surface area contributed by atoms with Crippen LogP contribution in [0.3, 0.4) is 0 Å². The summed E-state index contributed by atoms with van der Waals surface area (Å²) in [5.74, 6) is 0. The Kier molecular flexibility index (Phi) is 6.24. The van der Waals surface area contributed by atoms with Gasteiger partial charge < -0.3 is 29.6 Å². The van der Waals surface area contributed by atoms with E-state index in [9.17, 15) is 0 Å². The van der Waals surface area contributed by atoms with E-state index in [1.807, 2.05) is 0 Å². The Morgan fingerprint density at radius 1 is 1.00 bits per heavy atom. The van der Waals surface area contributed by atoms with Gasteiger partial charge in [-0.2, -0.15) is 0 Å². The van der Waals surface area contributed by atoms with Crippen molar-refractivity contribution in [2.75, 3.05) is 66.7 Å². The predicted molar refractivity (Wildman–Crippen MR) is 69.0 cm³/mol. The van der Waals surface area contributed by atoms with Crippen LogP contribution >= 0.6 is 0 Å². The predicted octanol–water partition coefficient (Wildman–Crippen LogP) is -0.758. The van der Waals surface area contributed by atoms with Gasteiger partial charge in [0.15, 0.2) is 0 Å². The Hall–Kier alpha value is -0.240. The van der Waals surface area contributed by atoms with Gasteiger partial charge in [-0.15, -0.1) is 0 Å². The number of hydrogen-bond donors (Lipinski definition) is 2. The van der Waals surface area contributed by atoms with Crippen molar-refractivity contribution in [2.45, 2.75) is 12.2 Å². The Morgan fingerprint density at radius 2 is 1.44 bits per heavy atom. The molecule has 0 spiro atoms. The molecule has 2 saturated heterocycles. The van der Waals surface area contributed by atoms with Crippen molar-refractivity contribution in [1.29, 1.82) is 0 Å². The Balaban J connectivity index is 0.000000220. The fraction of sp³-hybridized carbons (Fsp3) is 1.00. The van der Waals surface area contributed by atoms with Crippen LogP contribution in [-0.2, 0) is 18.9 Å². The molecule has 2 aliphatic heterocycles. The van der Waals surface area contributed by atoms with Crippen molar-refractivity contribution in [3.8, 4) is 0 Å². The average molecular weight is 266 g/mol. The fourth-order valence-corrected chi connectivity index (χ4v) is 1.55. The molecule has 0 radical (unpaired) electrons. The van der Waals surface area contributed by atoms with Crippen molar-refractivity contribution in [3.63, 3.8) is 0 Å². The summed E-state index contributed by atoms with van der Waals surface area (Å²) >= 11 is 0. The smallest absolute Gasteiger partial charge is 0.0932 e. The molecular weight excluding hydrogens is 236 g/mol. The van der Waals surface area contributed by atoms with Crippen LogP contribution in [0.2, 0.25) is 0 Å². The normalized spacial score (nSPS) is 33.2. The van der Waals surface area contributed by atoms with Crippen molar-refractivity contribution < 1.29 is 24.4 Å². The maximum Gasteiger partial charge on any atom is 0.0932 e. The molecule has 18 heavy (non-hydrogen) atoms. The van der Waals surface area contributed by atoms with Gasteiger partial charge in [0.1, 0.15) is 0 Å². The molecule has 2 heterocycles. The number of morpholine rings is 2. The van der Waals surface area contributed by atoms with Crippen molar-refractivity contribution in [3.05, 3.63) is 0 Å². The summed E-state index contributed by atoms with van der Waals surface area (Å²) in [5.41, 5.74) is 0. The Morgan fingerprint density at radius 3 is 1.72 bits per heavy atom. The summed E-state index contributed by atoms with van der Waals surface area (Å²) in [6, 6.07) is 0. The van der Waals surface area contributed by atoms with Crippen molar-refractivity contribution >= 4 is 0 Å². The highest BCUT2D eigenvalue weighted by Gasteiger charge is 2.12. The zero-order valence-electron chi connectivity index (χ0n) is 15.0. The molecule has 2 fully saturated rings. The van der Waals surface area contributed by atoms with E-state index in [-0.39, 0.29) is 0 Å². The van der Waals surface area contributed by atoms with Gasteiger partial charge >= 0.3 is 0 Å². The summed E-state index contributed by atoms with van der Waals surface area (Å²) in [7, 11) is 2.69. The van der Waals surface area contributed by atoms with E-state index in [2.05, 4.69) is 20.1 Å². The molecule has 2 aliphatic rings. The van der Waals surface area contributed by atoms with Crippen LogP contribution in [0.4, 0.5) is 0 Å². The maximum absolute atomic E-state index is 7.35. The van der Waals surface area contributed by atoms with E-state index in [4.69, 9.17) is 15.0 Å². The zero-order valence-corrected chi connectivity index (χ0v) is 11.0. The standard InChI is InChI=1S/2C6H13NO2/c2*1-8-5-6-4-7-2-3-9-6/h2*6-7H,2-5H2,1H3/t2*6-/m10/s1/i2*5D2. The third kappa shape index (κ3) is 7.25. The van der Waals surface area contributed by atoms with Crippen molar-refractivity contribution in [1.82, 2.24) is 10.6 Å². The second-order valence-corrected chi connectivity index (χ2v) is 3.77. The first kappa shape index (κ1) is 10.5. The number of rotatable bonds is 4. The molecule has 2 N–H and O–H groups in total. The monoisotopic (exact) mass is 266 g/mol. The van der Waals surface area contributed by atoms with Gasteiger partial charge in [0, 0.05) is 40.4 Å². The lowest BCUT2D eigenvalue weighted by Gasteiger charge is -2.22. The van der Waals surface area contributed by atoms with Crippen LogP contribution in [0.5, 0.6) is 0 Å². The minimum absolute atomic E-state index is 0.485. The van der Waals surface area contributed by atoms with E-state index in [1.165, 1.54) is 14.2 Å². The molecule has 0 unspecified atom stereocenters. The molecule has 0 saturated carbocycles.